The quantitative estimate of drug-likeness (QED) is 0.859. The molecule has 23 heavy (non-hydrogen) atoms. The maximum atomic E-state index is 13.9. The summed E-state index contributed by atoms with van der Waals surface area (Å²) in [5.41, 5.74) is 0. The van der Waals surface area contributed by atoms with Gasteiger partial charge in [-0.15, -0.1) is 11.3 Å². The maximum Gasteiger partial charge on any atom is 0.250 e. The highest BCUT2D eigenvalue weighted by atomic mass is 32.1. The molecule has 0 unspecified atom stereocenters. The Hall–Kier alpha value is -1.57. The van der Waals surface area contributed by atoms with Crippen LogP contribution in [0.25, 0.3) is 0 Å². The van der Waals surface area contributed by atoms with Crippen LogP contribution < -0.4 is 4.74 Å². The van der Waals surface area contributed by atoms with E-state index in [0.717, 1.165) is 30.9 Å². The van der Waals surface area contributed by atoms with Gasteiger partial charge in [0.1, 0.15) is 11.1 Å². The van der Waals surface area contributed by atoms with Crippen molar-refractivity contribution in [2.45, 2.75) is 37.6 Å². The average Bonchev–Trinajstić information content (AvgIpc) is 3.14. The summed E-state index contributed by atoms with van der Waals surface area (Å²) >= 11 is 1.65. The van der Waals surface area contributed by atoms with E-state index in [1.54, 1.807) is 23.6 Å². The molecular weight excluding hydrogens is 317 g/mol. The monoisotopic (exact) mass is 335 g/mol. The fourth-order valence-electron chi connectivity index (χ4n) is 3.41. The van der Waals surface area contributed by atoms with Crippen molar-refractivity contribution in [3.8, 4) is 5.88 Å². The first-order chi connectivity index (χ1) is 11.3. The molecule has 0 radical (unpaired) electrons. The van der Waals surface area contributed by atoms with E-state index in [0.29, 0.717) is 6.61 Å². The van der Waals surface area contributed by atoms with Gasteiger partial charge >= 0.3 is 0 Å². The Morgan fingerprint density at radius 2 is 2.30 bits per heavy atom. The van der Waals surface area contributed by atoms with Crippen molar-refractivity contribution in [1.29, 1.82) is 0 Å². The maximum absolute atomic E-state index is 13.9. The number of hydrogen-bond acceptors (Lipinski definition) is 6. The molecule has 3 heterocycles. The summed E-state index contributed by atoms with van der Waals surface area (Å²) in [4.78, 5) is 10.7. The van der Waals surface area contributed by atoms with E-state index in [1.165, 1.54) is 6.07 Å². The van der Waals surface area contributed by atoms with Crippen LogP contribution >= 0.6 is 11.3 Å². The molecule has 122 valence electrons. The lowest BCUT2D eigenvalue weighted by Gasteiger charge is -2.30. The minimum Gasteiger partial charge on any atom is -0.468 e. The predicted octanol–water partition coefficient (Wildman–Crippen LogP) is 2.49. The van der Waals surface area contributed by atoms with Crippen molar-refractivity contribution in [3.63, 3.8) is 0 Å². The fourth-order valence-corrected chi connectivity index (χ4v) is 4.05. The van der Waals surface area contributed by atoms with Gasteiger partial charge in [0.15, 0.2) is 5.82 Å². The first kappa shape index (κ1) is 15.0. The lowest BCUT2D eigenvalue weighted by Crippen LogP contribution is -2.44. The van der Waals surface area contributed by atoms with Crippen molar-refractivity contribution in [3.05, 3.63) is 40.7 Å². The number of nitrogens with zero attached hydrogens (tertiary/aromatic N) is 3. The SMILES string of the molecule is Fc1cccnc1O[C@@H]1[C@H]2CC[C@H]1OCCN2Cc1nccs1. The lowest BCUT2D eigenvalue weighted by molar-refractivity contribution is 0.000138. The van der Waals surface area contributed by atoms with Crippen molar-refractivity contribution < 1.29 is 13.9 Å². The minimum absolute atomic E-state index is 0.00250. The molecule has 2 aliphatic rings. The van der Waals surface area contributed by atoms with Crippen LogP contribution in [0.1, 0.15) is 17.8 Å². The van der Waals surface area contributed by atoms with Gasteiger partial charge in [0, 0.05) is 30.4 Å². The number of rotatable bonds is 4. The number of halogens is 1. The summed E-state index contributed by atoms with van der Waals surface area (Å²) in [5, 5.41) is 3.07. The third kappa shape index (κ3) is 3.08. The molecule has 2 bridgehead atoms. The van der Waals surface area contributed by atoms with Crippen molar-refractivity contribution in [2.24, 2.45) is 0 Å². The molecule has 1 saturated carbocycles. The van der Waals surface area contributed by atoms with Crippen molar-refractivity contribution in [1.82, 2.24) is 14.9 Å². The highest BCUT2D eigenvalue weighted by Crippen LogP contribution is 2.33. The van der Waals surface area contributed by atoms with Gasteiger partial charge in [-0.1, -0.05) is 0 Å². The number of aromatic nitrogens is 2. The summed E-state index contributed by atoms with van der Waals surface area (Å²) in [6.07, 6.45) is 5.09. The zero-order valence-corrected chi connectivity index (χ0v) is 13.4. The Kier molecular flexibility index (Phi) is 4.24. The molecule has 4 rings (SSSR count). The molecule has 2 aromatic rings. The van der Waals surface area contributed by atoms with E-state index < -0.39 is 5.82 Å². The molecule has 0 N–H and O–H groups in total. The van der Waals surface area contributed by atoms with Gasteiger partial charge in [0.2, 0.25) is 0 Å². The standard InChI is InChI=1S/C16H18FN3O2S/c17-11-2-1-5-19-16(11)22-15-12-3-4-13(15)21-8-7-20(12)10-14-18-6-9-23-14/h1-2,5-6,9,12-13,15H,3-4,7-8,10H2/t12-,13-,15-/m1/s1. The van der Waals surface area contributed by atoms with Gasteiger partial charge in [0.25, 0.3) is 5.88 Å². The molecule has 1 aliphatic carbocycles. The summed E-state index contributed by atoms with van der Waals surface area (Å²) in [7, 11) is 0. The predicted molar refractivity (Wildman–Crippen MR) is 83.9 cm³/mol. The summed E-state index contributed by atoms with van der Waals surface area (Å²) in [5.74, 6) is -0.364. The van der Waals surface area contributed by atoms with Gasteiger partial charge in [-0.05, 0) is 25.0 Å². The Balaban J connectivity index is 1.55. The normalized spacial score (nSPS) is 27.8. The first-order valence-electron chi connectivity index (χ1n) is 7.82. The van der Waals surface area contributed by atoms with Gasteiger partial charge in [-0.3, -0.25) is 4.90 Å². The fraction of sp³-hybridized carbons (Fsp3) is 0.500. The van der Waals surface area contributed by atoms with Gasteiger partial charge < -0.3 is 9.47 Å². The van der Waals surface area contributed by atoms with Gasteiger partial charge in [-0.2, -0.15) is 0 Å². The van der Waals surface area contributed by atoms with Crippen LogP contribution in [0, 0.1) is 5.82 Å². The zero-order valence-electron chi connectivity index (χ0n) is 12.6. The second kappa shape index (κ2) is 6.51. The number of fused-ring (bicyclic) bond motifs is 2. The second-order valence-electron chi connectivity index (χ2n) is 5.82. The van der Waals surface area contributed by atoms with Crippen molar-refractivity contribution in [2.75, 3.05) is 13.2 Å². The van der Waals surface area contributed by atoms with Crippen LogP contribution in [0.2, 0.25) is 0 Å². The zero-order chi connectivity index (χ0) is 15.6. The molecule has 1 saturated heterocycles. The molecule has 0 aromatic carbocycles. The highest BCUT2D eigenvalue weighted by molar-refractivity contribution is 7.09. The number of pyridine rings is 1. The molecule has 7 heteroatoms. The number of thiazole rings is 1. The summed E-state index contributed by atoms with van der Waals surface area (Å²) in [6, 6.07) is 3.14. The smallest absolute Gasteiger partial charge is 0.250 e. The van der Waals surface area contributed by atoms with E-state index >= 15 is 0 Å². The molecule has 3 atom stereocenters. The lowest BCUT2D eigenvalue weighted by atomic mass is 10.1. The second-order valence-corrected chi connectivity index (χ2v) is 6.80. The van der Waals surface area contributed by atoms with Crippen molar-refractivity contribution >= 4 is 11.3 Å². The van der Waals surface area contributed by atoms with Crippen LogP contribution in [0.4, 0.5) is 4.39 Å². The van der Waals surface area contributed by atoms with Gasteiger partial charge in [-0.25, -0.2) is 14.4 Å². The van der Waals surface area contributed by atoms with E-state index in [1.807, 2.05) is 11.6 Å². The van der Waals surface area contributed by atoms with Crippen LogP contribution in [0.5, 0.6) is 5.88 Å². The number of ether oxygens (including phenoxy) is 2. The van der Waals surface area contributed by atoms with Gasteiger partial charge in [0.05, 0.1) is 19.3 Å². The molecule has 5 nitrogen and oxygen atoms in total. The van der Waals surface area contributed by atoms with Crippen LogP contribution in [-0.2, 0) is 11.3 Å². The molecule has 0 spiro atoms. The van der Waals surface area contributed by atoms with Crippen LogP contribution in [0.15, 0.2) is 29.9 Å². The summed E-state index contributed by atoms with van der Waals surface area (Å²) in [6.45, 7) is 2.28. The molecule has 0 amide bonds. The molecule has 1 aliphatic heterocycles. The topological polar surface area (TPSA) is 47.5 Å². The van der Waals surface area contributed by atoms with Crippen LogP contribution in [-0.4, -0.2) is 46.3 Å². The Morgan fingerprint density at radius 3 is 3.13 bits per heavy atom. The molecular formula is C16H18FN3O2S. The van der Waals surface area contributed by atoms with E-state index in [2.05, 4.69) is 14.9 Å². The number of hydrogen-bond donors (Lipinski definition) is 0. The van der Waals surface area contributed by atoms with E-state index in [9.17, 15) is 4.39 Å². The highest BCUT2D eigenvalue weighted by Gasteiger charge is 2.44. The summed E-state index contributed by atoms with van der Waals surface area (Å²) < 4.78 is 25.7. The minimum atomic E-state index is -0.428. The Bertz CT molecular complexity index is 655. The Morgan fingerprint density at radius 1 is 1.35 bits per heavy atom. The molecule has 2 fully saturated rings. The Labute approximate surface area is 138 Å². The average molecular weight is 335 g/mol. The molecule has 2 aromatic heterocycles. The third-order valence-electron chi connectivity index (χ3n) is 4.47. The first-order valence-corrected chi connectivity index (χ1v) is 8.70. The van der Waals surface area contributed by atoms with Crippen LogP contribution in [0.3, 0.4) is 0 Å². The largest absolute Gasteiger partial charge is 0.468 e. The van der Waals surface area contributed by atoms with E-state index in [4.69, 9.17) is 9.47 Å². The third-order valence-corrected chi connectivity index (χ3v) is 5.23. The van der Waals surface area contributed by atoms with E-state index in [-0.39, 0.29) is 24.1 Å².